The zero-order chi connectivity index (χ0) is 19.9. The van der Waals surface area contributed by atoms with Crippen LogP contribution in [0.2, 0.25) is 0 Å². The second-order valence-corrected chi connectivity index (χ2v) is 8.78. The average Bonchev–Trinajstić information content (AvgIpc) is 3.16. The van der Waals surface area contributed by atoms with Crippen molar-refractivity contribution in [1.82, 2.24) is 14.3 Å². The minimum absolute atomic E-state index is 0.115. The number of sulfonamides is 1. The number of aromatic nitrogens is 2. The number of fused-ring (bicyclic) bond motifs is 1. The van der Waals surface area contributed by atoms with Crippen LogP contribution in [0.5, 0.6) is 0 Å². The summed E-state index contributed by atoms with van der Waals surface area (Å²) in [5, 5.41) is 1.03. The fourth-order valence-corrected chi connectivity index (χ4v) is 5.18. The molecule has 28 heavy (non-hydrogen) atoms. The molecule has 0 amide bonds. The number of nitrogens with one attached hydrogen (secondary N) is 1. The first kappa shape index (κ1) is 18.9. The molecule has 0 saturated carbocycles. The van der Waals surface area contributed by atoms with Gasteiger partial charge in [-0.1, -0.05) is 0 Å². The lowest BCUT2D eigenvalue weighted by atomic mass is 9.89. The van der Waals surface area contributed by atoms with Crippen molar-refractivity contribution in [2.75, 3.05) is 13.1 Å². The number of halogens is 3. The number of piperidine rings is 1. The predicted octanol–water partition coefficient (Wildman–Crippen LogP) is 4.15. The van der Waals surface area contributed by atoms with Crippen LogP contribution < -0.4 is 0 Å². The summed E-state index contributed by atoms with van der Waals surface area (Å²) in [5.41, 5.74) is 1.08. The van der Waals surface area contributed by atoms with Crippen molar-refractivity contribution in [2.45, 2.75) is 29.8 Å². The Balaban J connectivity index is 1.50. The van der Waals surface area contributed by atoms with E-state index in [1.807, 2.05) is 18.3 Å². The predicted molar refractivity (Wildman–Crippen MR) is 98.3 cm³/mol. The lowest BCUT2D eigenvalue weighted by molar-refractivity contribution is -0.137. The van der Waals surface area contributed by atoms with Gasteiger partial charge in [0.15, 0.2) is 0 Å². The summed E-state index contributed by atoms with van der Waals surface area (Å²) in [4.78, 5) is 7.23. The molecule has 0 unspecified atom stereocenters. The van der Waals surface area contributed by atoms with E-state index >= 15 is 0 Å². The van der Waals surface area contributed by atoms with Crippen LogP contribution in [0, 0.1) is 0 Å². The van der Waals surface area contributed by atoms with Crippen molar-refractivity contribution in [3.63, 3.8) is 0 Å². The highest BCUT2D eigenvalue weighted by Crippen LogP contribution is 2.34. The maximum Gasteiger partial charge on any atom is 0.416 e. The van der Waals surface area contributed by atoms with Gasteiger partial charge in [0.05, 0.1) is 10.5 Å². The molecule has 1 saturated heterocycles. The second kappa shape index (κ2) is 6.89. The summed E-state index contributed by atoms with van der Waals surface area (Å²) >= 11 is 0. The molecular weight excluding hydrogens is 391 g/mol. The number of alkyl halides is 3. The van der Waals surface area contributed by atoms with Crippen molar-refractivity contribution < 1.29 is 21.6 Å². The molecule has 5 nitrogen and oxygen atoms in total. The topological polar surface area (TPSA) is 66.1 Å². The monoisotopic (exact) mass is 409 g/mol. The van der Waals surface area contributed by atoms with E-state index in [0.29, 0.717) is 25.9 Å². The van der Waals surface area contributed by atoms with Crippen molar-refractivity contribution in [3.8, 4) is 0 Å². The average molecular weight is 409 g/mol. The Morgan fingerprint density at radius 2 is 1.71 bits per heavy atom. The number of nitrogens with zero attached hydrogens (tertiary/aromatic N) is 2. The molecule has 0 atom stereocenters. The molecule has 1 aliphatic rings. The van der Waals surface area contributed by atoms with E-state index in [-0.39, 0.29) is 10.8 Å². The molecule has 1 N–H and O–H groups in total. The van der Waals surface area contributed by atoms with E-state index < -0.39 is 21.8 Å². The van der Waals surface area contributed by atoms with Gasteiger partial charge in [-0.2, -0.15) is 17.5 Å². The molecule has 1 aromatic carbocycles. The first-order valence-corrected chi connectivity index (χ1v) is 10.3. The quantitative estimate of drug-likeness (QED) is 0.707. The third-order valence-corrected chi connectivity index (χ3v) is 7.12. The van der Waals surface area contributed by atoms with Crippen LogP contribution in [-0.4, -0.2) is 35.8 Å². The van der Waals surface area contributed by atoms with E-state index in [0.717, 1.165) is 40.9 Å². The number of aromatic amines is 1. The SMILES string of the molecule is O=S(=O)(c1ccc(C(F)(F)F)cc1)N1CCC(c2ccnc3[nH]ccc23)CC1. The zero-order valence-corrected chi connectivity index (χ0v) is 15.6. The van der Waals surface area contributed by atoms with Gasteiger partial charge in [0, 0.05) is 30.9 Å². The Kier molecular flexibility index (Phi) is 4.67. The van der Waals surface area contributed by atoms with Crippen LogP contribution in [0.3, 0.4) is 0 Å². The molecule has 1 fully saturated rings. The third kappa shape index (κ3) is 3.40. The van der Waals surface area contributed by atoms with E-state index in [9.17, 15) is 21.6 Å². The molecule has 9 heteroatoms. The Labute approximate surface area is 160 Å². The summed E-state index contributed by atoms with van der Waals surface area (Å²) in [6.45, 7) is 0.643. The van der Waals surface area contributed by atoms with Crippen LogP contribution in [0.15, 0.2) is 53.7 Å². The highest BCUT2D eigenvalue weighted by atomic mass is 32.2. The Bertz CT molecular complexity index is 1080. The number of hydrogen-bond donors (Lipinski definition) is 1. The first-order valence-electron chi connectivity index (χ1n) is 8.86. The van der Waals surface area contributed by atoms with Gasteiger partial charge in [0.25, 0.3) is 0 Å². The third-order valence-electron chi connectivity index (χ3n) is 5.21. The van der Waals surface area contributed by atoms with Crippen molar-refractivity contribution >= 4 is 21.1 Å². The molecule has 1 aliphatic heterocycles. The van der Waals surface area contributed by atoms with Gasteiger partial charge in [-0.15, -0.1) is 0 Å². The number of rotatable bonds is 3. The summed E-state index contributed by atoms with van der Waals surface area (Å²) < 4.78 is 65.0. The second-order valence-electron chi connectivity index (χ2n) is 6.84. The largest absolute Gasteiger partial charge is 0.416 e. The fourth-order valence-electron chi connectivity index (χ4n) is 3.71. The number of pyridine rings is 1. The van der Waals surface area contributed by atoms with Gasteiger partial charge in [-0.25, -0.2) is 13.4 Å². The summed E-state index contributed by atoms with van der Waals surface area (Å²) in [6.07, 6.45) is 0.355. The van der Waals surface area contributed by atoms with Gasteiger partial charge in [0.2, 0.25) is 10.0 Å². The highest BCUT2D eigenvalue weighted by molar-refractivity contribution is 7.89. The van der Waals surface area contributed by atoms with Crippen LogP contribution in [0.4, 0.5) is 13.2 Å². The minimum atomic E-state index is -4.49. The minimum Gasteiger partial charge on any atom is -0.346 e. The molecule has 148 valence electrons. The van der Waals surface area contributed by atoms with Crippen molar-refractivity contribution in [2.24, 2.45) is 0 Å². The van der Waals surface area contributed by atoms with Crippen LogP contribution in [0.1, 0.15) is 29.9 Å². The van der Waals surface area contributed by atoms with Crippen LogP contribution in [-0.2, 0) is 16.2 Å². The first-order chi connectivity index (χ1) is 13.3. The van der Waals surface area contributed by atoms with Gasteiger partial charge in [0.1, 0.15) is 5.65 Å². The maximum absolute atomic E-state index is 12.8. The smallest absolute Gasteiger partial charge is 0.346 e. The van der Waals surface area contributed by atoms with Crippen molar-refractivity contribution in [3.05, 3.63) is 59.9 Å². The van der Waals surface area contributed by atoms with E-state index in [2.05, 4.69) is 9.97 Å². The van der Waals surface area contributed by atoms with Gasteiger partial charge in [-0.3, -0.25) is 0 Å². The molecular formula is C19H18F3N3O2S. The molecule has 0 radical (unpaired) electrons. The Morgan fingerprint density at radius 3 is 2.36 bits per heavy atom. The molecule has 3 aromatic rings. The fraction of sp³-hybridized carbons (Fsp3) is 0.316. The van der Waals surface area contributed by atoms with Crippen LogP contribution >= 0.6 is 0 Å². The molecule has 0 spiro atoms. The van der Waals surface area contributed by atoms with Gasteiger partial charge >= 0.3 is 6.18 Å². The van der Waals surface area contributed by atoms with Crippen molar-refractivity contribution in [1.29, 1.82) is 0 Å². The van der Waals surface area contributed by atoms with Gasteiger partial charge < -0.3 is 4.98 Å². The number of hydrogen-bond acceptors (Lipinski definition) is 3. The Morgan fingerprint density at radius 1 is 1.04 bits per heavy atom. The summed E-state index contributed by atoms with van der Waals surface area (Å²) in [6, 6.07) is 7.58. The summed E-state index contributed by atoms with van der Waals surface area (Å²) in [5.74, 6) is 0.209. The molecule has 4 rings (SSSR count). The summed E-state index contributed by atoms with van der Waals surface area (Å²) in [7, 11) is -3.81. The molecule has 3 heterocycles. The van der Waals surface area contributed by atoms with E-state index in [1.54, 1.807) is 6.20 Å². The van der Waals surface area contributed by atoms with E-state index in [4.69, 9.17) is 0 Å². The highest BCUT2D eigenvalue weighted by Gasteiger charge is 2.33. The lowest BCUT2D eigenvalue weighted by Crippen LogP contribution is -2.37. The zero-order valence-electron chi connectivity index (χ0n) is 14.8. The molecule has 0 bridgehead atoms. The number of H-pyrrole nitrogens is 1. The van der Waals surface area contributed by atoms with Crippen LogP contribution in [0.25, 0.3) is 11.0 Å². The Hall–Kier alpha value is -2.39. The molecule has 0 aliphatic carbocycles. The lowest BCUT2D eigenvalue weighted by Gasteiger charge is -2.31. The number of benzene rings is 1. The maximum atomic E-state index is 12.8. The standard InChI is InChI=1S/C19H18F3N3O2S/c20-19(21,22)14-1-3-15(4-2-14)28(26,27)25-11-7-13(8-12-25)16-5-9-23-18-17(16)6-10-24-18/h1-6,9-10,13H,7-8,11-12H2,(H,23,24). The normalized spacial score (nSPS) is 17.2. The van der Waals surface area contributed by atoms with E-state index in [1.165, 1.54) is 4.31 Å². The van der Waals surface area contributed by atoms with Gasteiger partial charge in [-0.05, 0) is 60.7 Å². The molecule has 2 aromatic heterocycles.